The van der Waals surface area contributed by atoms with E-state index in [0.717, 1.165) is 39.3 Å². The van der Waals surface area contributed by atoms with Crippen LogP contribution in [0.15, 0.2) is 0 Å². The molecule has 0 aromatic rings. The van der Waals surface area contributed by atoms with Crippen LogP contribution >= 0.6 is 0 Å². The molecule has 2 heterocycles. The number of carbonyl (C=O) groups excluding carboxylic acids is 1. The first kappa shape index (κ1) is 9.12. The predicted molar refractivity (Wildman–Crippen MR) is 46.6 cm³/mol. The largest absolute Gasteiger partial charge is 0.378 e. The summed E-state index contributed by atoms with van der Waals surface area (Å²) in [5.74, 6) is 0. The Bertz CT molecular complexity index is 164. The van der Waals surface area contributed by atoms with E-state index in [1.165, 1.54) is 0 Å². The van der Waals surface area contributed by atoms with E-state index < -0.39 is 0 Å². The fourth-order valence-corrected chi connectivity index (χ4v) is 2.02. The van der Waals surface area contributed by atoms with Gasteiger partial charge in [-0.2, -0.15) is 0 Å². The minimum absolute atomic E-state index is 0.368. The topological polar surface area (TPSA) is 38.8 Å². The molecular weight excluding hydrogens is 170 g/mol. The minimum Gasteiger partial charge on any atom is -0.378 e. The third kappa shape index (κ3) is 1.90. The second-order valence-corrected chi connectivity index (χ2v) is 3.58. The number of rotatable bonds is 3. The number of hydrogen-bond donors (Lipinski definition) is 0. The van der Waals surface area contributed by atoms with E-state index in [0.29, 0.717) is 18.5 Å². The highest BCUT2D eigenvalue weighted by Gasteiger charge is 2.34. The summed E-state index contributed by atoms with van der Waals surface area (Å²) >= 11 is 0. The van der Waals surface area contributed by atoms with Gasteiger partial charge in [-0.3, -0.25) is 4.90 Å². The number of fused-ring (bicyclic) bond motifs is 2. The van der Waals surface area contributed by atoms with Crippen molar-refractivity contribution < 1.29 is 14.3 Å². The molecule has 2 fully saturated rings. The maximum atomic E-state index is 10.3. The quantitative estimate of drug-likeness (QED) is 0.565. The van der Waals surface area contributed by atoms with Crippen LogP contribution in [-0.4, -0.2) is 56.2 Å². The first-order chi connectivity index (χ1) is 6.42. The van der Waals surface area contributed by atoms with Crippen molar-refractivity contribution in [1.29, 1.82) is 0 Å². The van der Waals surface area contributed by atoms with E-state index in [9.17, 15) is 4.79 Å². The molecule has 2 saturated heterocycles. The van der Waals surface area contributed by atoms with Crippen molar-refractivity contribution >= 4 is 6.29 Å². The summed E-state index contributed by atoms with van der Waals surface area (Å²) in [4.78, 5) is 12.6. The number of aldehydes is 1. The van der Waals surface area contributed by atoms with Crippen LogP contribution in [0, 0.1) is 0 Å². The van der Waals surface area contributed by atoms with Crippen molar-refractivity contribution in [3.05, 3.63) is 0 Å². The SMILES string of the molecule is O=CCCN1C2COCC1COC2. The van der Waals surface area contributed by atoms with Crippen molar-refractivity contribution in [1.82, 2.24) is 4.90 Å². The molecule has 0 aromatic heterocycles. The van der Waals surface area contributed by atoms with Crippen molar-refractivity contribution in [2.45, 2.75) is 18.5 Å². The van der Waals surface area contributed by atoms with Gasteiger partial charge in [0.25, 0.3) is 0 Å². The van der Waals surface area contributed by atoms with Crippen molar-refractivity contribution in [3.8, 4) is 0 Å². The Labute approximate surface area is 77.8 Å². The molecule has 0 radical (unpaired) electrons. The number of morpholine rings is 2. The standard InChI is InChI=1S/C9H15NO3/c11-3-1-2-10-8-4-12-6-9(10)7-13-5-8/h3,8-9H,1-2,4-7H2. The van der Waals surface area contributed by atoms with Gasteiger partial charge in [0.1, 0.15) is 6.29 Å². The third-order valence-corrected chi connectivity index (χ3v) is 2.68. The highest BCUT2D eigenvalue weighted by Crippen LogP contribution is 2.18. The molecule has 4 heteroatoms. The predicted octanol–water partition coefficient (Wildman–Crippen LogP) is -0.325. The molecule has 2 bridgehead atoms. The van der Waals surface area contributed by atoms with Crippen LogP contribution in [-0.2, 0) is 14.3 Å². The zero-order chi connectivity index (χ0) is 9.10. The molecule has 13 heavy (non-hydrogen) atoms. The van der Waals surface area contributed by atoms with E-state index in [1.54, 1.807) is 0 Å². The summed E-state index contributed by atoms with van der Waals surface area (Å²) in [6, 6.07) is 0.736. The molecule has 0 atom stereocenters. The summed E-state index contributed by atoms with van der Waals surface area (Å²) in [6.45, 7) is 3.83. The fraction of sp³-hybridized carbons (Fsp3) is 0.889. The molecule has 0 saturated carbocycles. The second-order valence-electron chi connectivity index (χ2n) is 3.58. The third-order valence-electron chi connectivity index (χ3n) is 2.68. The van der Waals surface area contributed by atoms with Gasteiger partial charge >= 0.3 is 0 Å². The lowest BCUT2D eigenvalue weighted by Gasteiger charge is -2.45. The Morgan fingerprint density at radius 3 is 2.15 bits per heavy atom. The summed E-state index contributed by atoms with van der Waals surface area (Å²) in [7, 11) is 0. The first-order valence-corrected chi connectivity index (χ1v) is 4.76. The molecule has 2 aliphatic heterocycles. The van der Waals surface area contributed by atoms with Gasteiger partial charge in [-0.25, -0.2) is 0 Å². The zero-order valence-corrected chi connectivity index (χ0v) is 7.65. The number of nitrogens with zero attached hydrogens (tertiary/aromatic N) is 1. The monoisotopic (exact) mass is 185 g/mol. The van der Waals surface area contributed by atoms with Crippen LogP contribution in [0.25, 0.3) is 0 Å². The molecular formula is C9H15NO3. The highest BCUT2D eigenvalue weighted by molar-refractivity contribution is 5.49. The maximum absolute atomic E-state index is 10.3. The van der Waals surface area contributed by atoms with Crippen LogP contribution in [0.2, 0.25) is 0 Å². The summed E-state index contributed by atoms with van der Waals surface area (Å²) in [5, 5.41) is 0. The van der Waals surface area contributed by atoms with Gasteiger partial charge in [-0.1, -0.05) is 0 Å². The Balaban J connectivity index is 1.94. The Morgan fingerprint density at radius 1 is 1.15 bits per heavy atom. The van der Waals surface area contributed by atoms with E-state index in [-0.39, 0.29) is 0 Å². The molecule has 0 N–H and O–H groups in total. The van der Waals surface area contributed by atoms with Gasteiger partial charge in [-0.15, -0.1) is 0 Å². The normalized spacial score (nSPS) is 34.5. The van der Waals surface area contributed by atoms with Gasteiger partial charge in [-0.05, 0) is 0 Å². The van der Waals surface area contributed by atoms with Gasteiger partial charge in [0.15, 0.2) is 0 Å². The average Bonchev–Trinajstić information content (AvgIpc) is 2.14. The van der Waals surface area contributed by atoms with Crippen LogP contribution in [0.3, 0.4) is 0 Å². The van der Waals surface area contributed by atoms with E-state index >= 15 is 0 Å². The number of ether oxygens (including phenoxy) is 2. The lowest BCUT2D eigenvalue weighted by molar-refractivity contribution is -0.138. The number of carbonyl (C=O) groups is 1. The molecule has 2 aliphatic rings. The highest BCUT2D eigenvalue weighted by atomic mass is 16.5. The molecule has 0 aromatic carbocycles. The van der Waals surface area contributed by atoms with Crippen LogP contribution in [0.4, 0.5) is 0 Å². The molecule has 0 aliphatic carbocycles. The molecule has 4 nitrogen and oxygen atoms in total. The van der Waals surface area contributed by atoms with Crippen molar-refractivity contribution in [2.24, 2.45) is 0 Å². The molecule has 0 spiro atoms. The van der Waals surface area contributed by atoms with Crippen molar-refractivity contribution in [3.63, 3.8) is 0 Å². The zero-order valence-electron chi connectivity index (χ0n) is 7.65. The maximum Gasteiger partial charge on any atom is 0.121 e. The van der Waals surface area contributed by atoms with Crippen LogP contribution in [0.5, 0.6) is 0 Å². The van der Waals surface area contributed by atoms with E-state index in [1.807, 2.05) is 0 Å². The lowest BCUT2D eigenvalue weighted by Crippen LogP contribution is -2.59. The average molecular weight is 185 g/mol. The molecule has 2 rings (SSSR count). The summed E-state index contributed by atoms with van der Waals surface area (Å²) < 4.78 is 10.9. The Morgan fingerprint density at radius 2 is 1.69 bits per heavy atom. The second kappa shape index (κ2) is 4.17. The fourth-order valence-electron chi connectivity index (χ4n) is 2.02. The van der Waals surface area contributed by atoms with E-state index in [2.05, 4.69) is 4.90 Å². The molecule has 0 amide bonds. The van der Waals surface area contributed by atoms with Crippen LogP contribution in [0.1, 0.15) is 6.42 Å². The Kier molecular flexibility index (Phi) is 2.93. The van der Waals surface area contributed by atoms with Crippen molar-refractivity contribution in [2.75, 3.05) is 33.0 Å². The number of hydrogen-bond acceptors (Lipinski definition) is 4. The van der Waals surface area contributed by atoms with Crippen LogP contribution < -0.4 is 0 Å². The molecule has 0 unspecified atom stereocenters. The summed E-state index contributed by atoms with van der Waals surface area (Å²) in [5.41, 5.74) is 0. The molecule has 74 valence electrons. The lowest BCUT2D eigenvalue weighted by atomic mass is 10.1. The summed E-state index contributed by atoms with van der Waals surface area (Å²) in [6.07, 6.45) is 1.60. The van der Waals surface area contributed by atoms with Gasteiger partial charge in [0, 0.05) is 13.0 Å². The van der Waals surface area contributed by atoms with Gasteiger partial charge < -0.3 is 14.3 Å². The van der Waals surface area contributed by atoms with Gasteiger partial charge in [0.2, 0.25) is 0 Å². The smallest absolute Gasteiger partial charge is 0.121 e. The van der Waals surface area contributed by atoms with E-state index in [4.69, 9.17) is 9.47 Å². The minimum atomic E-state index is 0.368. The first-order valence-electron chi connectivity index (χ1n) is 4.76. The van der Waals surface area contributed by atoms with Gasteiger partial charge in [0.05, 0.1) is 38.5 Å². The Hall–Kier alpha value is -0.450.